The summed E-state index contributed by atoms with van der Waals surface area (Å²) >= 11 is 0. The normalized spacial score (nSPS) is 23.6. The second-order valence-corrected chi connectivity index (χ2v) is 2.96. The Kier molecular flexibility index (Phi) is 1.21. The molecule has 0 aromatic heterocycles. The highest BCUT2D eigenvalue weighted by Gasteiger charge is 2.23. The van der Waals surface area contributed by atoms with E-state index >= 15 is 0 Å². The van der Waals surface area contributed by atoms with Crippen molar-refractivity contribution >= 4 is 6.34 Å². The van der Waals surface area contributed by atoms with Crippen LogP contribution in [-0.2, 0) is 0 Å². The largest absolute Gasteiger partial charge is 0.256 e. The van der Waals surface area contributed by atoms with Crippen LogP contribution in [0.1, 0.15) is 13.8 Å². The second kappa shape index (κ2) is 1.67. The van der Waals surface area contributed by atoms with Crippen LogP contribution >= 0.6 is 0 Å². The van der Waals surface area contributed by atoms with Crippen molar-refractivity contribution < 1.29 is 4.48 Å². The molecule has 50 valence electrons. The van der Waals surface area contributed by atoms with Crippen molar-refractivity contribution in [1.29, 1.82) is 0 Å². The van der Waals surface area contributed by atoms with E-state index < -0.39 is 0 Å². The fraction of sp³-hybridized carbons (Fsp3) is 0.571. The van der Waals surface area contributed by atoms with Crippen LogP contribution in [0.4, 0.5) is 0 Å². The Bertz CT molecular complexity index is 187. The number of quaternary nitrogens is 1. The lowest BCUT2D eigenvalue weighted by Gasteiger charge is -2.19. The fourth-order valence-electron chi connectivity index (χ4n) is 0.828. The average Bonchev–Trinajstić information content (AvgIpc) is 1.97. The highest BCUT2D eigenvalue weighted by Crippen LogP contribution is 2.19. The average molecular weight is 125 g/mol. The zero-order valence-electron chi connectivity index (χ0n) is 6.47. The molecule has 0 amide bonds. The molecule has 0 bridgehead atoms. The van der Waals surface area contributed by atoms with Crippen molar-refractivity contribution in [1.82, 2.24) is 0 Å². The quantitative estimate of drug-likeness (QED) is 0.433. The lowest BCUT2D eigenvalue weighted by atomic mass is 10.3. The number of allylic oxidation sites excluding steroid dienone is 2. The topological polar surface area (TPSA) is 12.4 Å². The summed E-state index contributed by atoms with van der Waals surface area (Å²) in [5.41, 5.74) is 2.48. The Morgan fingerprint density at radius 1 is 1.33 bits per heavy atom. The summed E-state index contributed by atoms with van der Waals surface area (Å²) in [4.78, 5) is 4.20. The van der Waals surface area contributed by atoms with Crippen molar-refractivity contribution in [2.45, 2.75) is 13.8 Å². The molecule has 1 aliphatic rings. The van der Waals surface area contributed by atoms with Crippen LogP contribution in [0.3, 0.4) is 0 Å². The van der Waals surface area contributed by atoms with E-state index in [1.165, 1.54) is 5.70 Å². The third-order valence-corrected chi connectivity index (χ3v) is 1.93. The summed E-state index contributed by atoms with van der Waals surface area (Å²) in [6.07, 6.45) is 1.95. The van der Waals surface area contributed by atoms with Crippen molar-refractivity contribution in [3.63, 3.8) is 0 Å². The highest BCUT2D eigenvalue weighted by atomic mass is 15.4. The molecule has 0 saturated heterocycles. The number of nitrogens with zero attached hydrogens (tertiary/aromatic N) is 2. The summed E-state index contributed by atoms with van der Waals surface area (Å²) < 4.78 is 0.811. The minimum atomic E-state index is 0.811. The molecule has 0 N–H and O–H groups in total. The van der Waals surface area contributed by atoms with Gasteiger partial charge in [0, 0.05) is 6.92 Å². The van der Waals surface area contributed by atoms with Crippen LogP contribution in [0.25, 0.3) is 0 Å². The maximum absolute atomic E-state index is 4.20. The number of rotatable bonds is 0. The van der Waals surface area contributed by atoms with Crippen LogP contribution in [0, 0.1) is 0 Å². The van der Waals surface area contributed by atoms with Crippen molar-refractivity contribution in [2.75, 3.05) is 14.1 Å². The highest BCUT2D eigenvalue weighted by molar-refractivity contribution is 5.53. The fourth-order valence-corrected chi connectivity index (χ4v) is 0.828. The zero-order valence-corrected chi connectivity index (χ0v) is 6.47. The molecule has 0 saturated carbocycles. The molecule has 1 heterocycles. The molecule has 0 spiro atoms. The summed E-state index contributed by atoms with van der Waals surface area (Å²) in [6, 6.07) is 0. The Morgan fingerprint density at radius 2 is 1.89 bits per heavy atom. The first-order valence-electron chi connectivity index (χ1n) is 3.11. The van der Waals surface area contributed by atoms with Crippen molar-refractivity contribution in [3.05, 3.63) is 11.4 Å². The van der Waals surface area contributed by atoms with E-state index in [4.69, 9.17) is 0 Å². The molecule has 9 heavy (non-hydrogen) atoms. The molecule has 2 nitrogen and oxygen atoms in total. The van der Waals surface area contributed by atoms with Gasteiger partial charge in [0.25, 0.3) is 0 Å². The second-order valence-electron chi connectivity index (χ2n) is 2.96. The monoisotopic (exact) mass is 125 g/mol. The number of hydrogen-bond donors (Lipinski definition) is 0. The molecule has 0 aromatic rings. The number of aliphatic imine (C=N–C) groups is 1. The Balaban J connectivity index is 3.01. The van der Waals surface area contributed by atoms with Gasteiger partial charge in [0.05, 0.1) is 19.8 Å². The molecule has 0 atom stereocenters. The van der Waals surface area contributed by atoms with Gasteiger partial charge in [-0.05, 0) is 6.92 Å². The molecule has 0 aromatic carbocycles. The van der Waals surface area contributed by atoms with E-state index in [1.807, 2.05) is 13.3 Å². The molecular weight excluding hydrogens is 112 g/mol. The minimum absolute atomic E-state index is 0.811. The lowest BCUT2D eigenvalue weighted by Crippen LogP contribution is -2.33. The first-order chi connectivity index (χ1) is 4.04. The molecule has 1 aliphatic heterocycles. The molecule has 0 unspecified atom stereocenters. The molecule has 0 fully saturated rings. The van der Waals surface area contributed by atoms with Gasteiger partial charge in [0.2, 0.25) is 0 Å². The van der Waals surface area contributed by atoms with Crippen LogP contribution in [0.15, 0.2) is 16.4 Å². The molecule has 0 aliphatic carbocycles. The molecule has 0 radical (unpaired) electrons. The Labute approximate surface area is 56.1 Å². The molecule has 1 rings (SSSR count). The Morgan fingerprint density at radius 3 is 2.00 bits per heavy atom. The third kappa shape index (κ3) is 0.900. The minimum Gasteiger partial charge on any atom is -0.256 e. The lowest BCUT2D eigenvalue weighted by molar-refractivity contribution is -0.747. The summed E-state index contributed by atoms with van der Waals surface area (Å²) in [5.74, 6) is 0. The van der Waals surface area contributed by atoms with Crippen LogP contribution in [0.2, 0.25) is 0 Å². The number of hydrogen-bond acceptors (Lipinski definition) is 1. The van der Waals surface area contributed by atoms with Crippen molar-refractivity contribution in [2.24, 2.45) is 4.99 Å². The smallest absolute Gasteiger partial charge is 0.194 e. The van der Waals surface area contributed by atoms with Gasteiger partial charge in [0.1, 0.15) is 5.70 Å². The maximum Gasteiger partial charge on any atom is 0.194 e. The van der Waals surface area contributed by atoms with Crippen molar-refractivity contribution in [3.8, 4) is 0 Å². The van der Waals surface area contributed by atoms with Gasteiger partial charge in [-0.3, -0.25) is 4.48 Å². The predicted octanol–water partition coefficient (Wildman–Crippen LogP) is 1.36. The predicted molar refractivity (Wildman–Crippen MR) is 39.0 cm³/mol. The first kappa shape index (κ1) is 6.49. The van der Waals surface area contributed by atoms with Crippen LogP contribution < -0.4 is 0 Å². The van der Waals surface area contributed by atoms with E-state index in [1.54, 1.807) is 0 Å². The molecular formula is C7H13N2+. The van der Waals surface area contributed by atoms with Crippen LogP contribution in [0.5, 0.6) is 0 Å². The van der Waals surface area contributed by atoms with Gasteiger partial charge in [0.15, 0.2) is 6.34 Å². The third-order valence-electron chi connectivity index (χ3n) is 1.93. The standard InChI is InChI=1S/C7H13N2/c1-6-7(2)9(3,4)5-8-6/h5H,1-4H3/q+1. The van der Waals surface area contributed by atoms with Gasteiger partial charge in [-0.25, -0.2) is 4.99 Å². The summed E-state index contributed by atoms with van der Waals surface area (Å²) in [7, 11) is 4.24. The first-order valence-corrected chi connectivity index (χ1v) is 3.11. The van der Waals surface area contributed by atoms with E-state index in [-0.39, 0.29) is 0 Å². The van der Waals surface area contributed by atoms with E-state index in [0.717, 1.165) is 10.2 Å². The van der Waals surface area contributed by atoms with Gasteiger partial charge >= 0.3 is 0 Å². The van der Waals surface area contributed by atoms with E-state index in [2.05, 4.69) is 26.0 Å². The van der Waals surface area contributed by atoms with Gasteiger partial charge < -0.3 is 0 Å². The Hall–Kier alpha value is -0.630. The summed E-state index contributed by atoms with van der Waals surface area (Å²) in [5, 5.41) is 0. The van der Waals surface area contributed by atoms with Gasteiger partial charge in [-0.15, -0.1) is 0 Å². The maximum atomic E-state index is 4.20. The molecule has 2 heteroatoms. The van der Waals surface area contributed by atoms with Crippen LogP contribution in [-0.4, -0.2) is 24.9 Å². The van der Waals surface area contributed by atoms with E-state index in [9.17, 15) is 0 Å². The van der Waals surface area contributed by atoms with E-state index in [0.29, 0.717) is 0 Å². The van der Waals surface area contributed by atoms with Gasteiger partial charge in [-0.2, -0.15) is 0 Å². The summed E-state index contributed by atoms with van der Waals surface area (Å²) in [6.45, 7) is 4.15. The van der Waals surface area contributed by atoms with Gasteiger partial charge in [-0.1, -0.05) is 0 Å². The zero-order chi connectivity index (χ0) is 7.07. The SMILES string of the molecule is CC1=C(C)[N+](C)(C)C=N1.